The zero-order valence-corrected chi connectivity index (χ0v) is 11.2. The molecule has 0 spiro atoms. The molecule has 0 unspecified atom stereocenters. The molecule has 5 heteroatoms. The van der Waals surface area contributed by atoms with E-state index in [1.54, 1.807) is 30.3 Å². The molecule has 19 heavy (non-hydrogen) atoms. The van der Waals surface area contributed by atoms with Gasteiger partial charge in [0.25, 0.3) is 0 Å². The number of ether oxygens (including phenoxy) is 1. The number of aliphatic hydroxyl groups excluding tert-OH is 1. The first-order valence-corrected chi connectivity index (χ1v) is 5.82. The van der Waals surface area contributed by atoms with E-state index >= 15 is 0 Å². The van der Waals surface area contributed by atoms with E-state index in [0.717, 1.165) is 0 Å². The number of para-hydroxylation sites is 1. The molecule has 1 amide bonds. The molecule has 0 heterocycles. The van der Waals surface area contributed by atoms with E-state index in [2.05, 4.69) is 5.32 Å². The summed E-state index contributed by atoms with van der Waals surface area (Å²) in [7, 11) is 0. The third kappa shape index (κ3) is 5.25. The van der Waals surface area contributed by atoms with Crippen molar-refractivity contribution >= 4 is 11.8 Å². The molecule has 0 aliphatic heterocycles. The van der Waals surface area contributed by atoms with Crippen LogP contribution < -0.4 is 10.1 Å². The molecule has 1 aromatic carbocycles. The molecular weight excluding hydrogens is 244 g/mol. The third-order valence-electron chi connectivity index (χ3n) is 2.27. The molecule has 102 valence electrons. The number of nitrogens with one attached hydrogen (secondary N) is 2. The highest BCUT2D eigenvalue weighted by molar-refractivity contribution is 5.97. The number of hydrogen-bond acceptors (Lipinski definition) is 4. The van der Waals surface area contributed by atoms with Gasteiger partial charge < -0.3 is 15.3 Å². The van der Waals surface area contributed by atoms with Crippen LogP contribution in [-0.2, 0) is 0 Å². The lowest BCUT2D eigenvalue weighted by atomic mass is 9.90. The summed E-state index contributed by atoms with van der Waals surface area (Å²) in [6.07, 6.45) is 0.383. The molecule has 0 aromatic heterocycles. The van der Waals surface area contributed by atoms with E-state index < -0.39 is 17.4 Å². The first-order chi connectivity index (χ1) is 8.79. The summed E-state index contributed by atoms with van der Waals surface area (Å²) in [6, 6.07) is 8.50. The van der Waals surface area contributed by atoms with Crippen molar-refractivity contribution in [3.8, 4) is 5.75 Å². The number of hydrogen-bond donors (Lipinski definition) is 3. The Balaban J connectivity index is 2.58. The molecule has 3 N–H and O–H groups in total. The summed E-state index contributed by atoms with van der Waals surface area (Å²) in [5.41, 5.74) is -0.205. The summed E-state index contributed by atoms with van der Waals surface area (Å²) in [5.74, 6) is -0.0421. The Hall–Kier alpha value is -2.30. The van der Waals surface area contributed by atoms with Crippen LogP contribution in [0.15, 0.2) is 42.3 Å². The predicted octanol–water partition coefficient (Wildman–Crippen LogP) is 3.24. The molecule has 0 aliphatic carbocycles. The van der Waals surface area contributed by atoms with E-state index in [-0.39, 0.29) is 5.71 Å². The van der Waals surface area contributed by atoms with Crippen LogP contribution in [0.1, 0.15) is 20.8 Å². The van der Waals surface area contributed by atoms with Gasteiger partial charge in [-0.25, -0.2) is 4.79 Å². The van der Waals surface area contributed by atoms with Gasteiger partial charge in [0.05, 0.1) is 0 Å². The van der Waals surface area contributed by atoms with Crippen molar-refractivity contribution in [2.75, 3.05) is 0 Å². The van der Waals surface area contributed by atoms with Gasteiger partial charge >= 0.3 is 6.09 Å². The molecule has 1 rings (SSSR count). The Morgan fingerprint density at radius 3 is 2.42 bits per heavy atom. The molecule has 0 aliphatic rings. The van der Waals surface area contributed by atoms with Gasteiger partial charge in [-0.2, -0.15) is 0 Å². The van der Waals surface area contributed by atoms with Crippen molar-refractivity contribution in [2.24, 2.45) is 5.41 Å². The molecule has 0 fully saturated rings. The van der Waals surface area contributed by atoms with Gasteiger partial charge in [-0.15, -0.1) is 0 Å². The van der Waals surface area contributed by atoms with Crippen molar-refractivity contribution in [1.29, 1.82) is 5.41 Å². The lowest BCUT2D eigenvalue weighted by Crippen LogP contribution is -2.28. The summed E-state index contributed by atoms with van der Waals surface area (Å²) in [6.45, 7) is 5.50. The van der Waals surface area contributed by atoms with Crippen molar-refractivity contribution in [2.45, 2.75) is 20.8 Å². The first kappa shape index (κ1) is 14.8. The van der Waals surface area contributed by atoms with Gasteiger partial charge in [0.2, 0.25) is 0 Å². The van der Waals surface area contributed by atoms with E-state index in [9.17, 15) is 9.90 Å². The number of carbonyl (C=O) groups excluding carboxylic acids is 1. The van der Waals surface area contributed by atoms with Crippen LogP contribution in [0, 0.1) is 10.8 Å². The SMILES string of the molecule is CC(C)(C)C(=N)/C=C(\O)NC(=O)Oc1ccccc1. The number of benzene rings is 1. The quantitative estimate of drug-likeness (QED) is 0.577. The van der Waals surface area contributed by atoms with Gasteiger partial charge in [0.15, 0.2) is 5.88 Å². The van der Waals surface area contributed by atoms with E-state index in [4.69, 9.17) is 10.1 Å². The van der Waals surface area contributed by atoms with E-state index in [1.807, 2.05) is 20.8 Å². The number of carbonyl (C=O) groups is 1. The van der Waals surface area contributed by atoms with E-state index in [1.165, 1.54) is 6.08 Å². The van der Waals surface area contributed by atoms with Crippen molar-refractivity contribution in [3.63, 3.8) is 0 Å². The highest BCUT2D eigenvalue weighted by Crippen LogP contribution is 2.16. The van der Waals surface area contributed by atoms with Crippen molar-refractivity contribution < 1.29 is 14.6 Å². The zero-order valence-electron chi connectivity index (χ0n) is 11.2. The second kappa shape index (κ2) is 6.04. The molecule has 0 bridgehead atoms. The summed E-state index contributed by atoms with van der Waals surface area (Å²) in [4.78, 5) is 11.4. The minimum absolute atomic E-state index is 0.199. The van der Waals surface area contributed by atoms with Crippen LogP contribution in [0.4, 0.5) is 4.79 Å². The molecule has 5 nitrogen and oxygen atoms in total. The Labute approximate surface area is 112 Å². The number of rotatable bonds is 3. The highest BCUT2D eigenvalue weighted by Gasteiger charge is 2.16. The largest absolute Gasteiger partial charge is 0.494 e. The van der Waals surface area contributed by atoms with E-state index in [0.29, 0.717) is 5.75 Å². The number of amides is 1. The molecule has 0 saturated heterocycles. The Morgan fingerprint density at radius 1 is 1.32 bits per heavy atom. The summed E-state index contributed by atoms with van der Waals surface area (Å²) in [5, 5.41) is 19.4. The van der Waals surface area contributed by atoms with Crippen LogP contribution in [-0.4, -0.2) is 16.9 Å². The summed E-state index contributed by atoms with van der Waals surface area (Å²) < 4.78 is 4.93. The lowest BCUT2D eigenvalue weighted by molar-refractivity contribution is 0.196. The number of allylic oxidation sites excluding steroid dienone is 1. The average Bonchev–Trinajstić information content (AvgIpc) is 2.28. The molecule has 0 atom stereocenters. The van der Waals surface area contributed by atoms with Gasteiger partial charge in [-0.05, 0) is 12.1 Å². The molecule has 0 saturated carbocycles. The smallest absolute Gasteiger partial charge is 0.419 e. The highest BCUT2D eigenvalue weighted by atomic mass is 16.6. The Morgan fingerprint density at radius 2 is 1.89 bits per heavy atom. The number of aliphatic hydroxyl groups is 1. The minimum Gasteiger partial charge on any atom is -0.494 e. The Kier molecular flexibility index (Phi) is 4.69. The maximum atomic E-state index is 11.4. The van der Waals surface area contributed by atoms with Crippen molar-refractivity contribution in [3.05, 3.63) is 42.3 Å². The Bertz CT molecular complexity index is 487. The first-order valence-electron chi connectivity index (χ1n) is 5.82. The van der Waals surface area contributed by atoms with Crippen LogP contribution in [0.25, 0.3) is 0 Å². The topological polar surface area (TPSA) is 82.4 Å². The van der Waals surface area contributed by atoms with Gasteiger partial charge in [-0.1, -0.05) is 39.0 Å². The molecule has 0 radical (unpaired) electrons. The maximum absolute atomic E-state index is 11.4. The summed E-state index contributed by atoms with van der Waals surface area (Å²) >= 11 is 0. The van der Waals surface area contributed by atoms with Crippen LogP contribution >= 0.6 is 0 Å². The normalized spacial score (nSPS) is 11.8. The molecule has 1 aromatic rings. The second-order valence-electron chi connectivity index (χ2n) is 5.02. The van der Waals surface area contributed by atoms with Crippen LogP contribution in [0.2, 0.25) is 0 Å². The predicted molar refractivity (Wildman–Crippen MR) is 73.5 cm³/mol. The van der Waals surface area contributed by atoms with Crippen molar-refractivity contribution in [1.82, 2.24) is 5.32 Å². The van der Waals surface area contributed by atoms with Gasteiger partial charge in [0, 0.05) is 17.2 Å². The lowest BCUT2D eigenvalue weighted by Gasteiger charge is -2.17. The fourth-order valence-electron chi connectivity index (χ4n) is 1.11. The zero-order chi connectivity index (χ0) is 14.5. The minimum atomic E-state index is -0.804. The fraction of sp³-hybridized carbons (Fsp3) is 0.286. The average molecular weight is 262 g/mol. The standard InChI is InChI=1S/C14H18N2O3/c1-14(2,3)11(15)9-12(17)16-13(18)19-10-7-5-4-6-8-10/h4-9,15,17H,1-3H3,(H,16,18)/b12-9-,15-11?. The second-order valence-corrected chi connectivity index (χ2v) is 5.02. The van der Waals surface area contributed by atoms with Gasteiger partial charge in [-0.3, -0.25) is 5.32 Å². The third-order valence-corrected chi connectivity index (χ3v) is 2.27. The monoisotopic (exact) mass is 262 g/mol. The van der Waals surface area contributed by atoms with Gasteiger partial charge in [0.1, 0.15) is 5.75 Å². The maximum Gasteiger partial charge on any atom is 0.419 e. The molecular formula is C14H18N2O3. The van der Waals surface area contributed by atoms with Crippen LogP contribution in [0.5, 0.6) is 5.75 Å². The van der Waals surface area contributed by atoms with Crippen LogP contribution in [0.3, 0.4) is 0 Å². The fourth-order valence-corrected chi connectivity index (χ4v) is 1.11.